The molecule has 0 unspecified atom stereocenters. The molecule has 2 aliphatic rings. The topological polar surface area (TPSA) is 82.1 Å². The Balaban J connectivity index is 1.60. The molecule has 7 nitrogen and oxygen atoms in total. The second-order valence-electron chi connectivity index (χ2n) is 7.41. The molecule has 3 amide bonds. The van der Waals surface area contributed by atoms with Crippen LogP contribution in [0.15, 0.2) is 46.9 Å². The number of rotatable bonds is 5. The van der Waals surface area contributed by atoms with Gasteiger partial charge in [0.05, 0.1) is 0 Å². The number of hydrogen-bond acceptors (Lipinski definition) is 5. The summed E-state index contributed by atoms with van der Waals surface area (Å²) in [6, 6.07) is 11.6. The fourth-order valence-electron chi connectivity index (χ4n) is 3.90. The van der Waals surface area contributed by atoms with Crippen LogP contribution in [0.1, 0.15) is 25.3 Å². The summed E-state index contributed by atoms with van der Waals surface area (Å²) in [4.78, 5) is 42.2. The second kappa shape index (κ2) is 8.79. The van der Waals surface area contributed by atoms with Crippen LogP contribution in [-0.4, -0.2) is 58.9 Å². The van der Waals surface area contributed by atoms with Crippen molar-refractivity contribution in [2.24, 2.45) is 5.10 Å². The van der Waals surface area contributed by atoms with E-state index in [-0.39, 0.29) is 24.1 Å². The summed E-state index contributed by atoms with van der Waals surface area (Å²) in [6.07, 6.45) is 0.980. The number of nitrogens with zero attached hydrogens (tertiary/aromatic N) is 3. The predicted octanol–water partition coefficient (Wildman–Crippen LogP) is 2.28. The fourth-order valence-corrected chi connectivity index (χ4v) is 4.63. The van der Waals surface area contributed by atoms with Gasteiger partial charge in [-0.2, -0.15) is 5.10 Å². The molecular weight excluding hydrogens is 400 g/mol. The summed E-state index contributed by atoms with van der Waals surface area (Å²) >= 11 is 1.67. The van der Waals surface area contributed by atoms with Gasteiger partial charge in [0.1, 0.15) is 11.8 Å². The summed E-state index contributed by atoms with van der Waals surface area (Å²) < 4.78 is 0. The van der Waals surface area contributed by atoms with E-state index in [9.17, 15) is 14.4 Å². The van der Waals surface area contributed by atoms with E-state index in [1.165, 1.54) is 4.88 Å². The highest BCUT2D eigenvalue weighted by molar-refractivity contribution is 7.13. The zero-order chi connectivity index (χ0) is 21.1. The van der Waals surface area contributed by atoms with E-state index in [1.54, 1.807) is 21.1 Å². The Morgan fingerprint density at radius 3 is 2.77 bits per heavy atom. The molecule has 0 saturated carbocycles. The van der Waals surface area contributed by atoms with Gasteiger partial charge in [-0.1, -0.05) is 30.3 Å². The van der Waals surface area contributed by atoms with Gasteiger partial charge in [0.15, 0.2) is 0 Å². The molecule has 2 aliphatic heterocycles. The number of carbonyl (C=O) groups is 3. The summed E-state index contributed by atoms with van der Waals surface area (Å²) in [5.74, 6) is -0.502. The van der Waals surface area contributed by atoms with E-state index in [1.807, 2.05) is 30.5 Å². The third-order valence-corrected chi connectivity index (χ3v) is 6.46. The maximum absolute atomic E-state index is 13.1. The molecule has 0 spiro atoms. The fraction of sp³-hybridized carbons (Fsp3) is 0.364. The third-order valence-electron chi connectivity index (χ3n) is 5.54. The van der Waals surface area contributed by atoms with E-state index in [0.717, 1.165) is 11.1 Å². The number of benzene rings is 1. The number of amides is 3. The van der Waals surface area contributed by atoms with Gasteiger partial charge < -0.3 is 9.80 Å². The van der Waals surface area contributed by atoms with Gasteiger partial charge in [-0.05, 0) is 29.5 Å². The Bertz CT molecular complexity index is 986. The Morgan fingerprint density at radius 1 is 1.20 bits per heavy atom. The van der Waals surface area contributed by atoms with Crippen LogP contribution in [0.5, 0.6) is 0 Å². The molecule has 2 aromatic rings. The standard InChI is InChI=1S/C22H24N4O3S/c1-2-25-10-11-26(21(28)17-8-9-20(27)24-23-17)18(22(25)29)14-15-5-3-6-16(13-15)19-7-4-12-30-19/h3-7,12-13,18H,2,8-11,14H2,1H3,(H,24,27)/t18-/m1/s1. The molecule has 1 fully saturated rings. The summed E-state index contributed by atoms with van der Waals surface area (Å²) in [5.41, 5.74) is 4.80. The van der Waals surface area contributed by atoms with E-state index in [2.05, 4.69) is 28.7 Å². The highest BCUT2D eigenvalue weighted by Gasteiger charge is 2.38. The molecule has 0 bridgehead atoms. The maximum atomic E-state index is 13.1. The molecule has 1 saturated heterocycles. The minimum Gasteiger partial charge on any atom is -0.339 e. The Labute approximate surface area is 179 Å². The van der Waals surface area contributed by atoms with Crippen molar-refractivity contribution in [3.63, 3.8) is 0 Å². The first-order valence-corrected chi connectivity index (χ1v) is 11.0. The van der Waals surface area contributed by atoms with Crippen LogP contribution >= 0.6 is 11.3 Å². The number of likely N-dealkylation sites (N-methyl/N-ethyl adjacent to an activating group) is 1. The van der Waals surface area contributed by atoms with Crippen LogP contribution in [0, 0.1) is 0 Å². The lowest BCUT2D eigenvalue weighted by atomic mass is 9.98. The van der Waals surface area contributed by atoms with Crippen LogP contribution in [0.2, 0.25) is 0 Å². The zero-order valence-electron chi connectivity index (χ0n) is 16.8. The first-order valence-electron chi connectivity index (χ1n) is 10.1. The van der Waals surface area contributed by atoms with E-state index in [0.29, 0.717) is 38.2 Å². The van der Waals surface area contributed by atoms with Gasteiger partial charge >= 0.3 is 0 Å². The predicted molar refractivity (Wildman–Crippen MR) is 116 cm³/mol. The summed E-state index contributed by atoms with van der Waals surface area (Å²) in [5, 5.41) is 5.98. The molecule has 30 heavy (non-hydrogen) atoms. The lowest BCUT2D eigenvalue weighted by Crippen LogP contribution is -2.60. The molecule has 0 aliphatic carbocycles. The van der Waals surface area contributed by atoms with Crippen LogP contribution in [0.3, 0.4) is 0 Å². The van der Waals surface area contributed by atoms with Crippen molar-refractivity contribution in [1.29, 1.82) is 0 Å². The van der Waals surface area contributed by atoms with Crippen LogP contribution in [0.25, 0.3) is 10.4 Å². The molecule has 1 aromatic carbocycles. The molecule has 1 atom stereocenters. The van der Waals surface area contributed by atoms with Crippen molar-refractivity contribution in [3.05, 3.63) is 47.3 Å². The number of hydrazone groups is 1. The third kappa shape index (κ3) is 4.14. The van der Waals surface area contributed by atoms with Gasteiger partial charge in [-0.25, -0.2) is 5.43 Å². The Kier molecular flexibility index (Phi) is 5.94. The lowest BCUT2D eigenvalue weighted by molar-refractivity contribution is -0.148. The molecule has 0 radical (unpaired) electrons. The lowest BCUT2D eigenvalue weighted by Gasteiger charge is -2.40. The first kappa shape index (κ1) is 20.3. The van der Waals surface area contributed by atoms with E-state index >= 15 is 0 Å². The molecule has 1 N–H and O–H groups in total. The number of piperazine rings is 1. The average molecular weight is 425 g/mol. The van der Waals surface area contributed by atoms with Crippen molar-refractivity contribution in [2.75, 3.05) is 19.6 Å². The first-order chi connectivity index (χ1) is 14.6. The van der Waals surface area contributed by atoms with Crippen molar-refractivity contribution < 1.29 is 14.4 Å². The molecule has 1 aromatic heterocycles. The summed E-state index contributed by atoms with van der Waals surface area (Å²) in [7, 11) is 0. The van der Waals surface area contributed by atoms with Crippen molar-refractivity contribution in [2.45, 2.75) is 32.2 Å². The number of thiophene rings is 1. The monoisotopic (exact) mass is 424 g/mol. The van der Waals surface area contributed by atoms with Gasteiger partial charge in [0.25, 0.3) is 5.91 Å². The van der Waals surface area contributed by atoms with E-state index < -0.39 is 6.04 Å². The van der Waals surface area contributed by atoms with Crippen LogP contribution in [0.4, 0.5) is 0 Å². The minimum atomic E-state index is -0.579. The minimum absolute atomic E-state index is 0.0425. The van der Waals surface area contributed by atoms with Gasteiger partial charge in [0.2, 0.25) is 11.8 Å². The molecule has 156 valence electrons. The van der Waals surface area contributed by atoms with Gasteiger partial charge in [-0.15, -0.1) is 11.3 Å². The number of carbonyl (C=O) groups excluding carboxylic acids is 3. The average Bonchev–Trinajstić information content (AvgIpc) is 3.30. The highest BCUT2D eigenvalue weighted by Crippen LogP contribution is 2.26. The molecule has 4 rings (SSSR count). The largest absolute Gasteiger partial charge is 0.339 e. The van der Waals surface area contributed by atoms with Crippen molar-refractivity contribution in [1.82, 2.24) is 15.2 Å². The molecule has 3 heterocycles. The smallest absolute Gasteiger partial charge is 0.270 e. The SMILES string of the molecule is CCN1CCN(C(=O)C2=NNC(=O)CC2)[C@H](Cc2cccc(-c3cccs3)c2)C1=O. The van der Waals surface area contributed by atoms with Gasteiger partial charge in [0, 0.05) is 43.8 Å². The Morgan fingerprint density at radius 2 is 2.07 bits per heavy atom. The Hall–Kier alpha value is -3.00. The van der Waals surface area contributed by atoms with Crippen LogP contribution < -0.4 is 5.43 Å². The van der Waals surface area contributed by atoms with Crippen molar-refractivity contribution >= 4 is 34.8 Å². The van der Waals surface area contributed by atoms with E-state index in [4.69, 9.17) is 0 Å². The van der Waals surface area contributed by atoms with Crippen LogP contribution in [-0.2, 0) is 20.8 Å². The second-order valence-corrected chi connectivity index (χ2v) is 8.36. The zero-order valence-corrected chi connectivity index (χ0v) is 17.7. The maximum Gasteiger partial charge on any atom is 0.270 e. The summed E-state index contributed by atoms with van der Waals surface area (Å²) in [6.45, 7) is 3.53. The highest BCUT2D eigenvalue weighted by atomic mass is 32.1. The number of nitrogens with one attached hydrogen (secondary N) is 1. The quantitative estimate of drug-likeness (QED) is 0.800. The number of hydrogen-bond donors (Lipinski definition) is 1. The van der Waals surface area contributed by atoms with Gasteiger partial charge in [-0.3, -0.25) is 14.4 Å². The molecule has 8 heteroatoms. The van der Waals surface area contributed by atoms with Crippen molar-refractivity contribution in [3.8, 4) is 10.4 Å². The molecular formula is C22H24N4O3S. The normalized spacial score (nSPS) is 19.5.